The van der Waals surface area contributed by atoms with Crippen LogP contribution in [0.15, 0.2) is 29.2 Å². The SMILES string of the molecule is NCC1(NC(=O)CCc2ccc(S(=O)(=O)N3CCCC3)cc2)CCCC1. The van der Waals surface area contributed by atoms with Crippen LogP contribution in [0.2, 0.25) is 0 Å². The molecular formula is C19H29N3O3S. The standard InChI is InChI=1S/C19H29N3O3S/c20-15-19(11-1-2-12-19)21-18(23)10-7-16-5-8-17(9-6-16)26(24,25)22-13-3-4-14-22/h5-6,8-9H,1-4,7,10-15,20H2,(H,21,23). The van der Waals surface area contributed by atoms with Gasteiger partial charge in [-0.1, -0.05) is 25.0 Å². The van der Waals surface area contributed by atoms with Crippen LogP contribution in [0.1, 0.15) is 50.5 Å². The molecule has 2 aliphatic rings. The second kappa shape index (κ2) is 8.06. The number of benzene rings is 1. The number of rotatable bonds is 7. The summed E-state index contributed by atoms with van der Waals surface area (Å²) in [5.41, 5.74) is 6.61. The van der Waals surface area contributed by atoms with Crippen molar-refractivity contribution in [1.29, 1.82) is 0 Å². The third kappa shape index (κ3) is 4.27. The van der Waals surface area contributed by atoms with Crippen LogP contribution in [0.25, 0.3) is 0 Å². The summed E-state index contributed by atoms with van der Waals surface area (Å²) in [6.07, 6.45) is 6.98. The van der Waals surface area contributed by atoms with E-state index >= 15 is 0 Å². The molecule has 3 rings (SSSR count). The van der Waals surface area contributed by atoms with Gasteiger partial charge in [-0.25, -0.2) is 8.42 Å². The lowest BCUT2D eigenvalue weighted by molar-refractivity contribution is -0.122. The first-order chi connectivity index (χ1) is 12.5. The summed E-state index contributed by atoms with van der Waals surface area (Å²) in [5, 5.41) is 3.12. The van der Waals surface area contributed by atoms with Crippen LogP contribution < -0.4 is 11.1 Å². The second-order valence-electron chi connectivity index (χ2n) is 7.49. The molecular weight excluding hydrogens is 350 g/mol. The number of carbonyl (C=O) groups excluding carboxylic acids is 1. The molecule has 0 bridgehead atoms. The van der Waals surface area contributed by atoms with Crippen molar-refractivity contribution in [2.45, 2.75) is 61.8 Å². The van der Waals surface area contributed by atoms with Gasteiger partial charge in [-0.15, -0.1) is 0 Å². The number of nitrogens with one attached hydrogen (secondary N) is 1. The fraction of sp³-hybridized carbons (Fsp3) is 0.632. The Kier molecular flexibility index (Phi) is 5.99. The number of amides is 1. The molecule has 0 aromatic heterocycles. The maximum atomic E-state index is 12.5. The first-order valence-corrected chi connectivity index (χ1v) is 11.0. The highest BCUT2D eigenvalue weighted by molar-refractivity contribution is 7.89. The van der Waals surface area contributed by atoms with Crippen LogP contribution in [0.5, 0.6) is 0 Å². The van der Waals surface area contributed by atoms with E-state index in [0.29, 0.717) is 37.4 Å². The van der Waals surface area contributed by atoms with Crippen molar-refractivity contribution in [3.05, 3.63) is 29.8 Å². The molecule has 1 heterocycles. The van der Waals surface area contributed by atoms with Gasteiger partial charge in [0, 0.05) is 26.1 Å². The first-order valence-electron chi connectivity index (χ1n) is 9.55. The van der Waals surface area contributed by atoms with Crippen LogP contribution in [0.3, 0.4) is 0 Å². The Morgan fingerprint density at radius 3 is 2.27 bits per heavy atom. The molecule has 26 heavy (non-hydrogen) atoms. The van der Waals surface area contributed by atoms with E-state index in [4.69, 9.17) is 5.73 Å². The minimum absolute atomic E-state index is 0.0196. The van der Waals surface area contributed by atoms with E-state index in [9.17, 15) is 13.2 Å². The van der Waals surface area contributed by atoms with Crippen molar-refractivity contribution >= 4 is 15.9 Å². The second-order valence-corrected chi connectivity index (χ2v) is 9.43. The predicted octanol–water partition coefficient (Wildman–Crippen LogP) is 1.79. The van der Waals surface area contributed by atoms with Gasteiger partial charge in [0.25, 0.3) is 0 Å². The normalized spacial score (nSPS) is 20.3. The minimum atomic E-state index is -3.37. The quantitative estimate of drug-likeness (QED) is 0.755. The highest BCUT2D eigenvalue weighted by atomic mass is 32.2. The Morgan fingerprint density at radius 2 is 1.69 bits per heavy atom. The van der Waals surface area contributed by atoms with Crippen molar-refractivity contribution in [3.63, 3.8) is 0 Å². The maximum Gasteiger partial charge on any atom is 0.243 e. The van der Waals surface area contributed by atoms with Crippen molar-refractivity contribution in [3.8, 4) is 0 Å². The van der Waals surface area contributed by atoms with Gasteiger partial charge in [-0.3, -0.25) is 4.79 Å². The monoisotopic (exact) mass is 379 g/mol. The molecule has 0 spiro atoms. The van der Waals surface area contributed by atoms with Gasteiger partial charge in [0.15, 0.2) is 0 Å². The van der Waals surface area contributed by atoms with Crippen molar-refractivity contribution in [2.75, 3.05) is 19.6 Å². The first kappa shape index (κ1) is 19.3. The van der Waals surface area contributed by atoms with Gasteiger partial charge in [0.05, 0.1) is 10.4 Å². The summed E-state index contributed by atoms with van der Waals surface area (Å²) in [7, 11) is -3.37. The summed E-state index contributed by atoms with van der Waals surface area (Å²) in [4.78, 5) is 12.6. The number of carbonyl (C=O) groups is 1. The van der Waals surface area contributed by atoms with Crippen LogP contribution in [0.4, 0.5) is 0 Å². The summed E-state index contributed by atoms with van der Waals surface area (Å²) in [6.45, 7) is 1.70. The number of nitrogens with zero attached hydrogens (tertiary/aromatic N) is 1. The van der Waals surface area contributed by atoms with Crippen LogP contribution in [-0.4, -0.2) is 43.8 Å². The van der Waals surface area contributed by atoms with Gasteiger partial charge >= 0.3 is 0 Å². The molecule has 1 aliphatic carbocycles. The zero-order valence-electron chi connectivity index (χ0n) is 15.2. The predicted molar refractivity (Wildman–Crippen MR) is 101 cm³/mol. The van der Waals surface area contributed by atoms with Crippen molar-refractivity contribution in [2.24, 2.45) is 5.73 Å². The molecule has 1 aliphatic heterocycles. The number of nitrogens with two attached hydrogens (primary N) is 1. The average Bonchev–Trinajstić information content (AvgIpc) is 3.33. The highest BCUT2D eigenvalue weighted by Gasteiger charge is 2.33. The Balaban J connectivity index is 1.55. The zero-order valence-corrected chi connectivity index (χ0v) is 16.1. The highest BCUT2D eigenvalue weighted by Crippen LogP contribution is 2.28. The molecule has 2 fully saturated rings. The largest absolute Gasteiger partial charge is 0.349 e. The van der Waals surface area contributed by atoms with Crippen molar-refractivity contribution in [1.82, 2.24) is 9.62 Å². The molecule has 0 radical (unpaired) electrons. The van der Waals surface area contributed by atoms with Crippen LogP contribution in [0, 0.1) is 0 Å². The fourth-order valence-corrected chi connectivity index (χ4v) is 5.47. The average molecular weight is 380 g/mol. The van der Waals surface area contributed by atoms with E-state index in [1.165, 1.54) is 0 Å². The third-order valence-electron chi connectivity index (χ3n) is 5.62. The molecule has 6 nitrogen and oxygen atoms in total. The Hall–Kier alpha value is -1.44. The number of aryl methyl sites for hydroxylation is 1. The molecule has 1 saturated carbocycles. The minimum Gasteiger partial charge on any atom is -0.349 e. The molecule has 0 atom stereocenters. The fourth-order valence-electron chi connectivity index (χ4n) is 3.95. The molecule has 1 amide bonds. The third-order valence-corrected chi connectivity index (χ3v) is 7.54. The van der Waals surface area contributed by atoms with Gasteiger partial charge < -0.3 is 11.1 Å². The summed E-state index contributed by atoms with van der Waals surface area (Å²) >= 11 is 0. The Labute approximate surface area is 156 Å². The van der Waals surface area contributed by atoms with E-state index in [1.54, 1.807) is 16.4 Å². The van der Waals surface area contributed by atoms with Crippen molar-refractivity contribution < 1.29 is 13.2 Å². The van der Waals surface area contributed by atoms with E-state index < -0.39 is 10.0 Å². The Morgan fingerprint density at radius 1 is 1.08 bits per heavy atom. The summed E-state index contributed by atoms with van der Waals surface area (Å²) < 4.78 is 26.6. The molecule has 1 saturated heterocycles. The number of hydrogen-bond donors (Lipinski definition) is 2. The lowest BCUT2D eigenvalue weighted by Gasteiger charge is -2.28. The van der Waals surface area contributed by atoms with Crippen LogP contribution in [-0.2, 0) is 21.2 Å². The number of sulfonamides is 1. The molecule has 7 heteroatoms. The lowest BCUT2D eigenvalue weighted by Crippen LogP contribution is -2.51. The van der Waals surface area contributed by atoms with E-state index in [1.807, 2.05) is 12.1 Å². The molecule has 3 N–H and O–H groups in total. The van der Waals surface area contributed by atoms with Crippen LogP contribution >= 0.6 is 0 Å². The van der Waals surface area contributed by atoms with Gasteiger partial charge in [0.1, 0.15) is 0 Å². The van der Waals surface area contributed by atoms with E-state index in [2.05, 4.69) is 5.32 Å². The zero-order chi connectivity index (χ0) is 18.6. The van der Waals surface area contributed by atoms with Gasteiger partial charge in [-0.05, 0) is 49.8 Å². The molecule has 1 aromatic carbocycles. The molecule has 0 unspecified atom stereocenters. The maximum absolute atomic E-state index is 12.5. The van der Waals surface area contributed by atoms with E-state index in [0.717, 1.165) is 44.1 Å². The smallest absolute Gasteiger partial charge is 0.243 e. The molecule has 144 valence electrons. The van der Waals surface area contributed by atoms with Gasteiger partial charge in [-0.2, -0.15) is 4.31 Å². The lowest BCUT2D eigenvalue weighted by atomic mass is 9.97. The van der Waals surface area contributed by atoms with Gasteiger partial charge in [0.2, 0.25) is 15.9 Å². The molecule has 1 aromatic rings. The Bertz CT molecular complexity index is 719. The van der Waals surface area contributed by atoms with E-state index in [-0.39, 0.29) is 11.4 Å². The summed E-state index contributed by atoms with van der Waals surface area (Å²) in [6, 6.07) is 6.92. The number of hydrogen-bond acceptors (Lipinski definition) is 4. The summed E-state index contributed by atoms with van der Waals surface area (Å²) in [5.74, 6) is 0.0196. The topological polar surface area (TPSA) is 92.5 Å².